The van der Waals surface area contributed by atoms with E-state index in [2.05, 4.69) is 11.5 Å². The van der Waals surface area contributed by atoms with Gasteiger partial charge in [-0.25, -0.2) is 0 Å². The largest absolute Gasteiger partial charge is 0.441 e. The average Bonchev–Trinajstić information content (AvgIpc) is 1.98. The van der Waals surface area contributed by atoms with Crippen molar-refractivity contribution in [1.29, 1.82) is 0 Å². The monoisotopic (exact) mass is 114 g/mol. The van der Waals surface area contributed by atoms with Crippen LogP contribution in [-0.2, 0) is 4.74 Å². The maximum absolute atomic E-state index is 5.22. The van der Waals surface area contributed by atoms with Gasteiger partial charge in [0.1, 0.15) is 7.05 Å². The number of ether oxygens (including phenoxy) is 1. The Morgan fingerprint density at radius 2 is 2.38 bits per heavy atom. The molecule has 2 heteroatoms. The van der Waals surface area contributed by atoms with E-state index in [1.165, 1.54) is 0 Å². The molecule has 0 spiro atoms. The van der Waals surface area contributed by atoms with Crippen LogP contribution in [0.3, 0.4) is 0 Å². The molecular weight excluding hydrogens is 102 g/mol. The third-order valence-corrected chi connectivity index (χ3v) is 1.69. The normalized spacial score (nSPS) is 28.6. The van der Waals surface area contributed by atoms with E-state index in [-0.39, 0.29) is 0 Å². The highest BCUT2D eigenvalue weighted by Crippen LogP contribution is 1.99. The second-order valence-corrected chi connectivity index (χ2v) is 2.29. The molecular formula is C6H12NO+. The van der Waals surface area contributed by atoms with Crippen LogP contribution in [-0.4, -0.2) is 30.2 Å². The smallest absolute Gasteiger partial charge is 0.333 e. The summed E-state index contributed by atoms with van der Waals surface area (Å²) in [6.07, 6.45) is 0. The molecule has 0 aliphatic carbocycles. The minimum atomic E-state index is 0.565. The molecule has 0 N–H and O–H groups in total. The van der Waals surface area contributed by atoms with Crippen molar-refractivity contribution in [3.8, 4) is 0 Å². The van der Waals surface area contributed by atoms with Crippen LogP contribution in [0.15, 0.2) is 0 Å². The molecule has 0 saturated heterocycles. The predicted octanol–water partition coefficient (Wildman–Crippen LogP) is 0.466. The standard InChI is InChI=1S/C6H12NO/c1-5-4-8-6(2)7(5)3/h5H,4H2,1-3H3/q+1/t5-/m1/s1. The van der Waals surface area contributed by atoms with Gasteiger partial charge in [-0.3, -0.25) is 0 Å². The van der Waals surface area contributed by atoms with Crippen LogP contribution in [0.1, 0.15) is 13.8 Å². The SMILES string of the molecule is CC1=[N+](C)[C@H](C)CO1. The van der Waals surface area contributed by atoms with Gasteiger partial charge in [0.2, 0.25) is 0 Å². The molecule has 0 aromatic rings. The fourth-order valence-electron chi connectivity index (χ4n) is 0.765. The van der Waals surface area contributed by atoms with Gasteiger partial charge in [-0.2, -0.15) is 4.58 Å². The van der Waals surface area contributed by atoms with Crippen LogP contribution in [0, 0.1) is 0 Å². The molecule has 0 fully saturated rings. The topological polar surface area (TPSA) is 12.2 Å². The zero-order chi connectivity index (χ0) is 6.15. The van der Waals surface area contributed by atoms with Gasteiger partial charge in [0.25, 0.3) is 0 Å². The predicted molar refractivity (Wildman–Crippen MR) is 32.3 cm³/mol. The van der Waals surface area contributed by atoms with E-state index in [0.29, 0.717) is 6.04 Å². The molecule has 1 atom stereocenters. The second-order valence-electron chi connectivity index (χ2n) is 2.29. The van der Waals surface area contributed by atoms with Crippen LogP contribution < -0.4 is 0 Å². The lowest BCUT2D eigenvalue weighted by Gasteiger charge is -1.91. The van der Waals surface area contributed by atoms with Gasteiger partial charge >= 0.3 is 5.90 Å². The van der Waals surface area contributed by atoms with Crippen molar-refractivity contribution in [3.63, 3.8) is 0 Å². The number of rotatable bonds is 0. The Hall–Kier alpha value is -0.530. The van der Waals surface area contributed by atoms with Crippen molar-refractivity contribution in [3.05, 3.63) is 0 Å². The van der Waals surface area contributed by atoms with Gasteiger partial charge < -0.3 is 4.74 Å². The Morgan fingerprint density at radius 1 is 1.75 bits per heavy atom. The maximum Gasteiger partial charge on any atom is 0.333 e. The Bertz CT molecular complexity index is 128. The zero-order valence-corrected chi connectivity index (χ0v) is 5.64. The van der Waals surface area contributed by atoms with Gasteiger partial charge in [-0.15, -0.1) is 0 Å². The average molecular weight is 114 g/mol. The molecule has 1 rings (SSSR count). The fraction of sp³-hybridized carbons (Fsp3) is 0.833. The molecule has 0 amide bonds. The summed E-state index contributed by atoms with van der Waals surface area (Å²) in [5.74, 6) is 1.04. The number of hydrogen-bond acceptors (Lipinski definition) is 1. The fourth-order valence-corrected chi connectivity index (χ4v) is 0.765. The lowest BCUT2D eigenvalue weighted by molar-refractivity contribution is -0.523. The Balaban J connectivity index is 2.71. The maximum atomic E-state index is 5.22. The second kappa shape index (κ2) is 1.77. The quantitative estimate of drug-likeness (QED) is 0.417. The summed E-state index contributed by atoms with van der Waals surface area (Å²) < 4.78 is 7.36. The molecule has 1 aliphatic heterocycles. The number of likely N-dealkylation sites (N-methyl/N-ethyl adjacent to an activating group) is 1. The lowest BCUT2D eigenvalue weighted by atomic mass is 10.4. The highest BCUT2D eigenvalue weighted by atomic mass is 16.5. The van der Waals surface area contributed by atoms with E-state index in [9.17, 15) is 0 Å². The molecule has 0 unspecified atom stereocenters. The van der Waals surface area contributed by atoms with E-state index in [0.717, 1.165) is 12.5 Å². The van der Waals surface area contributed by atoms with Gasteiger partial charge in [0.15, 0.2) is 12.6 Å². The van der Waals surface area contributed by atoms with Crippen LogP contribution in [0.5, 0.6) is 0 Å². The summed E-state index contributed by atoms with van der Waals surface area (Å²) >= 11 is 0. The molecule has 46 valence electrons. The lowest BCUT2D eigenvalue weighted by Crippen LogP contribution is -2.17. The summed E-state index contributed by atoms with van der Waals surface area (Å²) in [6.45, 7) is 4.99. The summed E-state index contributed by atoms with van der Waals surface area (Å²) in [4.78, 5) is 0. The third kappa shape index (κ3) is 0.703. The molecule has 2 nitrogen and oxygen atoms in total. The van der Waals surface area contributed by atoms with E-state index in [4.69, 9.17) is 4.74 Å². The first-order valence-electron chi connectivity index (χ1n) is 2.91. The van der Waals surface area contributed by atoms with Crippen LogP contribution in [0.4, 0.5) is 0 Å². The van der Waals surface area contributed by atoms with Gasteiger partial charge in [0.05, 0.1) is 6.92 Å². The van der Waals surface area contributed by atoms with Crippen LogP contribution >= 0.6 is 0 Å². The zero-order valence-electron chi connectivity index (χ0n) is 5.64. The molecule has 1 aliphatic rings. The van der Waals surface area contributed by atoms with E-state index in [1.807, 2.05) is 14.0 Å². The number of hydrogen-bond donors (Lipinski definition) is 0. The first-order valence-corrected chi connectivity index (χ1v) is 2.91. The third-order valence-electron chi connectivity index (χ3n) is 1.69. The molecule has 1 heterocycles. The molecule has 0 radical (unpaired) electrons. The van der Waals surface area contributed by atoms with Crippen molar-refractivity contribution in [2.45, 2.75) is 19.9 Å². The molecule has 0 bridgehead atoms. The molecule has 0 aromatic heterocycles. The molecule has 0 aromatic carbocycles. The van der Waals surface area contributed by atoms with Crippen molar-refractivity contribution in [2.75, 3.05) is 13.7 Å². The van der Waals surface area contributed by atoms with E-state index < -0.39 is 0 Å². The van der Waals surface area contributed by atoms with Crippen molar-refractivity contribution in [2.24, 2.45) is 0 Å². The Kier molecular flexibility index (Phi) is 1.24. The first-order chi connectivity index (χ1) is 3.72. The van der Waals surface area contributed by atoms with Crippen molar-refractivity contribution in [1.82, 2.24) is 0 Å². The number of nitrogens with zero attached hydrogens (tertiary/aromatic N) is 1. The molecule has 8 heavy (non-hydrogen) atoms. The summed E-state index contributed by atoms with van der Waals surface area (Å²) in [7, 11) is 2.05. The summed E-state index contributed by atoms with van der Waals surface area (Å²) in [6, 6.07) is 0.565. The van der Waals surface area contributed by atoms with Crippen molar-refractivity contribution < 1.29 is 9.31 Å². The van der Waals surface area contributed by atoms with Crippen molar-refractivity contribution >= 4 is 5.90 Å². The Morgan fingerprint density at radius 3 is 2.50 bits per heavy atom. The highest BCUT2D eigenvalue weighted by Gasteiger charge is 2.23. The molecule has 0 saturated carbocycles. The summed E-state index contributed by atoms with van der Waals surface area (Å²) in [5, 5.41) is 0. The highest BCUT2D eigenvalue weighted by molar-refractivity contribution is 5.68. The van der Waals surface area contributed by atoms with Crippen LogP contribution in [0.2, 0.25) is 0 Å². The van der Waals surface area contributed by atoms with E-state index >= 15 is 0 Å². The van der Waals surface area contributed by atoms with Gasteiger partial charge in [-0.1, -0.05) is 0 Å². The summed E-state index contributed by atoms with van der Waals surface area (Å²) in [5.41, 5.74) is 0. The minimum Gasteiger partial charge on any atom is -0.441 e. The van der Waals surface area contributed by atoms with Gasteiger partial charge in [0, 0.05) is 6.92 Å². The van der Waals surface area contributed by atoms with Gasteiger partial charge in [-0.05, 0) is 0 Å². The van der Waals surface area contributed by atoms with Crippen LogP contribution in [0.25, 0.3) is 0 Å². The van der Waals surface area contributed by atoms with E-state index in [1.54, 1.807) is 0 Å². The minimum absolute atomic E-state index is 0.565. The first kappa shape index (κ1) is 5.60. The Labute approximate surface area is 49.8 Å².